The van der Waals surface area contributed by atoms with Crippen LogP contribution in [0.3, 0.4) is 0 Å². The van der Waals surface area contributed by atoms with E-state index in [1.807, 2.05) is 18.2 Å². The van der Waals surface area contributed by atoms with Crippen LogP contribution in [0, 0.1) is 6.92 Å². The van der Waals surface area contributed by atoms with Crippen molar-refractivity contribution in [2.24, 2.45) is 0 Å². The Morgan fingerprint density at radius 2 is 1.16 bits per heavy atom. The van der Waals surface area contributed by atoms with Crippen LogP contribution in [0.25, 0.3) is 66.8 Å². The van der Waals surface area contributed by atoms with Gasteiger partial charge < -0.3 is 4.57 Å². The highest BCUT2D eigenvalue weighted by Gasteiger charge is 2.20. The molecule has 0 spiro atoms. The molecule has 9 rings (SSSR count). The van der Waals surface area contributed by atoms with Crippen LogP contribution in [0.4, 0.5) is 0 Å². The van der Waals surface area contributed by atoms with E-state index < -0.39 is 0 Å². The lowest BCUT2D eigenvalue weighted by Crippen LogP contribution is -1.96. The molecule has 1 aliphatic rings. The largest absolute Gasteiger partial charge is 0.309 e. The van der Waals surface area contributed by atoms with Gasteiger partial charge in [0.05, 0.1) is 16.7 Å². The van der Waals surface area contributed by atoms with Gasteiger partial charge in [-0.1, -0.05) is 145 Å². The molecular formula is C43H31N. The molecule has 0 N–H and O–H groups in total. The van der Waals surface area contributed by atoms with Gasteiger partial charge in [0.2, 0.25) is 0 Å². The van der Waals surface area contributed by atoms with Gasteiger partial charge in [-0.15, -0.1) is 0 Å². The monoisotopic (exact) mass is 561 g/mol. The van der Waals surface area contributed by atoms with Crippen molar-refractivity contribution in [1.29, 1.82) is 0 Å². The van der Waals surface area contributed by atoms with Crippen LogP contribution in [0.2, 0.25) is 0 Å². The Hall–Kier alpha value is -5.66. The van der Waals surface area contributed by atoms with Gasteiger partial charge >= 0.3 is 0 Å². The van der Waals surface area contributed by atoms with Crippen molar-refractivity contribution < 1.29 is 0 Å². The Balaban J connectivity index is 0.000000367. The molecule has 0 amide bonds. The Morgan fingerprint density at radius 3 is 1.91 bits per heavy atom. The second-order valence-corrected chi connectivity index (χ2v) is 11.5. The van der Waals surface area contributed by atoms with Crippen molar-refractivity contribution in [3.8, 4) is 5.69 Å². The maximum absolute atomic E-state index is 2.47. The van der Waals surface area contributed by atoms with Gasteiger partial charge in [-0.3, -0.25) is 0 Å². The van der Waals surface area contributed by atoms with Gasteiger partial charge in [-0.05, 0) is 75.7 Å². The summed E-state index contributed by atoms with van der Waals surface area (Å²) < 4.78 is 2.47. The molecule has 0 unspecified atom stereocenters. The minimum atomic E-state index is 1.22. The Labute approximate surface area is 257 Å². The van der Waals surface area contributed by atoms with E-state index in [0.717, 1.165) is 0 Å². The van der Waals surface area contributed by atoms with Gasteiger partial charge in [0.15, 0.2) is 0 Å². The van der Waals surface area contributed by atoms with E-state index in [1.165, 1.54) is 76.9 Å². The van der Waals surface area contributed by atoms with Crippen molar-refractivity contribution in [3.05, 3.63) is 180 Å². The number of aromatic nitrogens is 1. The second-order valence-electron chi connectivity index (χ2n) is 11.5. The lowest BCUT2D eigenvalue weighted by atomic mass is 9.99. The number of fused-ring (bicyclic) bond motifs is 7. The number of benzene rings is 7. The van der Waals surface area contributed by atoms with Crippen LogP contribution < -0.4 is 0 Å². The molecule has 0 atom stereocenters. The Morgan fingerprint density at radius 1 is 0.500 bits per heavy atom. The highest BCUT2D eigenvalue weighted by Crippen LogP contribution is 2.42. The lowest BCUT2D eigenvalue weighted by Gasteiger charge is -2.12. The topological polar surface area (TPSA) is 4.93 Å². The number of aryl methyl sites for hydroxylation is 1. The van der Waals surface area contributed by atoms with Crippen LogP contribution in [0.5, 0.6) is 0 Å². The average molecular weight is 562 g/mol. The standard InChI is InChI=1S/C36H23N.C7H8/c1-2-9-24(10-3-1)21-27-17-18-28-22-32-35(23-31(27)28)37(33-16-8-13-25-11-4-6-14-29(25)33)34-20-19-26-12-5-7-15-30(26)36(32)34;1-7-5-3-2-4-6-7/h1-23H;2-6H,1H3. The molecule has 8 aromatic rings. The molecule has 1 heteroatoms. The van der Waals surface area contributed by atoms with E-state index in [2.05, 4.69) is 163 Å². The summed E-state index contributed by atoms with van der Waals surface area (Å²) in [5.41, 5.74) is 10.0. The molecule has 1 heterocycles. The van der Waals surface area contributed by atoms with Crippen molar-refractivity contribution in [2.45, 2.75) is 6.92 Å². The fourth-order valence-corrected chi connectivity index (χ4v) is 6.56. The van der Waals surface area contributed by atoms with E-state index in [1.54, 1.807) is 0 Å². The van der Waals surface area contributed by atoms with Gasteiger partial charge in [-0.2, -0.15) is 0 Å². The Bertz CT molecular complexity index is 2370. The lowest BCUT2D eigenvalue weighted by molar-refractivity contribution is 1.20. The number of hydrogen-bond donors (Lipinski definition) is 0. The third kappa shape index (κ3) is 4.51. The van der Waals surface area contributed by atoms with Crippen LogP contribution in [0.1, 0.15) is 22.3 Å². The molecule has 1 aliphatic carbocycles. The first-order valence-corrected chi connectivity index (χ1v) is 15.2. The summed E-state index contributed by atoms with van der Waals surface area (Å²) in [4.78, 5) is 0. The van der Waals surface area contributed by atoms with Crippen molar-refractivity contribution >= 4 is 61.1 Å². The summed E-state index contributed by atoms with van der Waals surface area (Å²) in [7, 11) is 0. The quantitative estimate of drug-likeness (QED) is 0.198. The fraction of sp³-hybridized carbons (Fsp3) is 0.0233. The van der Waals surface area contributed by atoms with Gasteiger partial charge in [0, 0.05) is 16.2 Å². The second kappa shape index (κ2) is 10.9. The van der Waals surface area contributed by atoms with Gasteiger partial charge in [0.1, 0.15) is 0 Å². The molecule has 0 saturated carbocycles. The summed E-state index contributed by atoms with van der Waals surface area (Å²) >= 11 is 0. The number of rotatable bonds is 2. The van der Waals surface area contributed by atoms with E-state index in [-0.39, 0.29) is 0 Å². The minimum absolute atomic E-state index is 1.22. The summed E-state index contributed by atoms with van der Waals surface area (Å²) in [6.45, 7) is 2.08. The zero-order chi connectivity index (χ0) is 29.5. The van der Waals surface area contributed by atoms with E-state index in [0.29, 0.717) is 0 Å². The van der Waals surface area contributed by atoms with Gasteiger partial charge in [-0.25, -0.2) is 0 Å². The summed E-state index contributed by atoms with van der Waals surface area (Å²) in [5, 5.41) is 7.69. The highest BCUT2D eigenvalue weighted by atomic mass is 15.0. The van der Waals surface area contributed by atoms with E-state index in [9.17, 15) is 0 Å². The molecule has 7 aromatic carbocycles. The van der Waals surface area contributed by atoms with Crippen molar-refractivity contribution in [2.75, 3.05) is 0 Å². The minimum Gasteiger partial charge on any atom is -0.309 e. The zero-order valence-electron chi connectivity index (χ0n) is 24.6. The first-order chi connectivity index (χ1) is 21.7. The molecule has 1 nitrogen and oxygen atoms in total. The number of nitrogens with zero attached hydrogens (tertiary/aromatic N) is 1. The van der Waals surface area contributed by atoms with Crippen LogP contribution >= 0.6 is 0 Å². The summed E-state index contributed by atoms with van der Waals surface area (Å²) in [6, 6.07) is 54.2. The maximum atomic E-state index is 2.47. The number of allylic oxidation sites excluding steroid dienone is 2. The molecule has 0 saturated heterocycles. The maximum Gasteiger partial charge on any atom is 0.0548 e. The predicted octanol–water partition coefficient (Wildman–Crippen LogP) is 11.7. The molecule has 1 aromatic heterocycles. The Kier molecular flexibility index (Phi) is 6.43. The third-order valence-corrected chi connectivity index (χ3v) is 8.65. The predicted molar refractivity (Wildman–Crippen MR) is 190 cm³/mol. The SMILES string of the molecule is C1=Cc2cc3c4c5ccccc5ccc4n(-c4cccc5ccccc45)c3cc2C1=Cc1ccccc1.Cc1ccccc1. The fourth-order valence-electron chi connectivity index (χ4n) is 6.56. The molecular weight excluding hydrogens is 530 g/mol. The van der Waals surface area contributed by atoms with Crippen LogP contribution in [-0.4, -0.2) is 4.57 Å². The van der Waals surface area contributed by atoms with Crippen LogP contribution in [-0.2, 0) is 0 Å². The molecule has 208 valence electrons. The first kappa shape index (κ1) is 26.0. The molecule has 0 bridgehead atoms. The van der Waals surface area contributed by atoms with E-state index in [4.69, 9.17) is 0 Å². The smallest absolute Gasteiger partial charge is 0.0548 e. The average Bonchev–Trinajstić information content (AvgIpc) is 3.62. The van der Waals surface area contributed by atoms with Crippen LogP contribution in [0.15, 0.2) is 158 Å². The molecule has 44 heavy (non-hydrogen) atoms. The van der Waals surface area contributed by atoms with Crippen molar-refractivity contribution in [3.63, 3.8) is 0 Å². The van der Waals surface area contributed by atoms with Crippen molar-refractivity contribution in [1.82, 2.24) is 4.57 Å². The molecule has 0 fully saturated rings. The molecule has 0 radical (unpaired) electrons. The van der Waals surface area contributed by atoms with Gasteiger partial charge in [0.25, 0.3) is 0 Å². The molecule has 0 aliphatic heterocycles. The normalized spacial score (nSPS) is 13.1. The highest BCUT2D eigenvalue weighted by molar-refractivity contribution is 6.23. The zero-order valence-corrected chi connectivity index (χ0v) is 24.6. The number of hydrogen-bond acceptors (Lipinski definition) is 0. The first-order valence-electron chi connectivity index (χ1n) is 15.2. The summed E-state index contributed by atoms with van der Waals surface area (Å²) in [6.07, 6.45) is 6.79. The van der Waals surface area contributed by atoms with E-state index >= 15 is 0 Å². The summed E-state index contributed by atoms with van der Waals surface area (Å²) in [5.74, 6) is 0. The third-order valence-electron chi connectivity index (χ3n) is 8.65.